The van der Waals surface area contributed by atoms with Gasteiger partial charge in [-0.25, -0.2) is 0 Å². The van der Waals surface area contributed by atoms with Crippen molar-refractivity contribution in [1.82, 2.24) is 0 Å². The van der Waals surface area contributed by atoms with Crippen molar-refractivity contribution in [2.24, 2.45) is 5.92 Å². The molecular formula is C18H25NO3. The Morgan fingerprint density at radius 3 is 2.45 bits per heavy atom. The summed E-state index contributed by atoms with van der Waals surface area (Å²) in [5.41, 5.74) is 1.99. The Bertz CT molecular complexity index is 504. The fourth-order valence-corrected chi connectivity index (χ4v) is 2.74. The number of rotatable bonds is 6. The number of ether oxygens (including phenoxy) is 1. The number of anilines is 1. The predicted molar refractivity (Wildman–Crippen MR) is 86.7 cm³/mol. The van der Waals surface area contributed by atoms with Crippen LogP contribution in [0.3, 0.4) is 0 Å². The molecular weight excluding hydrogens is 278 g/mol. The van der Waals surface area contributed by atoms with Crippen LogP contribution in [-0.2, 0) is 14.3 Å². The largest absolute Gasteiger partial charge is 0.455 e. The molecule has 1 N–H and O–H groups in total. The molecule has 0 bridgehead atoms. The van der Waals surface area contributed by atoms with Gasteiger partial charge >= 0.3 is 5.97 Å². The van der Waals surface area contributed by atoms with Gasteiger partial charge in [0.25, 0.3) is 5.91 Å². The highest BCUT2D eigenvalue weighted by Crippen LogP contribution is 2.25. The Labute approximate surface area is 132 Å². The van der Waals surface area contributed by atoms with Crippen LogP contribution < -0.4 is 5.32 Å². The minimum atomic E-state index is -0.289. The van der Waals surface area contributed by atoms with Crippen LogP contribution in [0.25, 0.3) is 0 Å². The van der Waals surface area contributed by atoms with E-state index in [2.05, 4.69) is 19.2 Å². The van der Waals surface area contributed by atoms with Gasteiger partial charge in [0.15, 0.2) is 6.61 Å². The number of carbonyl (C=O) groups is 2. The molecule has 1 fully saturated rings. The van der Waals surface area contributed by atoms with E-state index in [1.165, 1.54) is 5.56 Å². The smallest absolute Gasteiger partial charge is 0.309 e. The van der Waals surface area contributed by atoms with Gasteiger partial charge in [-0.05, 0) is 42.9 Å². The summed E-state index contributed by atoms with van der Waals surface area (Å²) in [6, 6.07) is 7.82. The lowest BCUT2D eigenvalue weighted by Crippen LogP contribution is -2.23. The summed E-state index contributed by atoms with van der Waals surface area (Å²) in [6.07, 6.45) is 5.01. The molecule has 1 atom stereocenters. The van der Waals surface area contributed by atoms with Crippen LogP contribution in [0.5, 0.6) is 0 Å². The molecule has 1 amide bonds. The van der Waals surface area contributed by atoms with E-state index < -0.39 is 0 Å². The molecule has 0 aromatic heterocycles. The zero-order valence-electron chi connectivity index (χ0n) is 13.4. The zero-order chi connectivity index (χ0) is 15.9. The summed E-state index contributed by atoms with van der Waals surface area (Å²) >= 11 is 0. The molecule has 0 heterocycles. The SMILES string of the molecule is CC[C@@H](C)c1ccc(NC(=O)COC(=O)C2CCCC2)cc1. The van der Waals surface area contributed by atoms with E-state index in [0.717, 1.165) is 37.8 Å². The fourth-order valence-electron chi connectivity index (χ4n) is 2.74. The number of amides is 1. The van der Waals surface area contributed by atoms with Crippen LogP contribution >= 0.6 is 0 Å². The summed E-state index contributed by atoms with van der Waals surface area (Å²) in [5, 5.41) is 2.76. The van der Waals surface area contributed by atoms with Crippen molar-refractivity contribution in [3.8, 4) is 0 Å². The molecule has 1 saturated carbocycles. The zero-order valence-corrected chi connectivity index (χ0v) is 13.4. The molecule has 4 heteroatoms. The van der Waals surface area contributed by atoms with Gasteiger partial charge < -0.3 is 10.1 Å². The first-order chi connectivity index (χ1) is 10.6. The molecule has 1 aliphatic rings. The van der Waals surface area contributed by atoms with Crippen molar-refractivity contribution in [2.75, 3.05) is 11.9 Å². The Morgan fingerprint density at radius 1 is 1.23 bits per heavy atom. The molecule has 1 aromatic rings. The second kappa shape index (κ2) is 7.97. The van der Waals surface area contributed by atoms with E-state index in [9.17, 15) is 9.59 Å². The Morgan fingerprint density at radius 2 is 1.86 bits per heavy atom. The van der Waals surface area contributed by atoms with Gasteiger partial charge in [-0.1, -0.05) is 38.8 Å². The fraction of sp³-hybridized carbons (Fsp3) is 0.556. The standard InChI is InChI=1S/C18H25NO3/c1-3-13(2)14-8-10-16(11-9-14)19-17(20)12-22-18(21)15-6-4-5-7-15/h8-11,13,15H,3-7,12H2,1-2H3,(H,19,20)/t13-/m1/s1. The first-order valence-electron chi connectivity index (χ1n) is 8.16. The molecule has 22 heavy (non-hydrogen) atoms. The summed E-state index contributed by atoms with van der Waals surface area (Å²) in [7, 11) is 0. The minimum Gasteiger partial charge on any atom is -0.455 e. The molecule has 4 nitrogen and oxygen atoms in total. The molecule has 0 saturated heterocycles. The van der Waals surface area contributed by atoms with Gasteiger partial charge in [-0.15, -0.1) is 0 Å². The van der Waals surface area contributed by atoms with Gasteiger partial charge in [-0.2, -0.15) is 0 Å². The maximum Gasteiger partial charge on any atom is 0.309 e. The third-order valence-corrected chi connectivity index (χ3v) is 4.41. The summed E-state index contributed by atoms with van der Waals surface area (Å²) in [5.74, 6) is -0.0258. The quantitative estimate of drug-likeness (QED) is 0.812. The van der Waals surface area contributed by atoms with Crippen molar-refractivity contribution in [2.45, 2.75) is 51.9 Å². The molecule has 0 aliphatic heterocycles. The van der Waals surface area contributed by atoms with Gasteiger partial charge in [0, 0.05) is 5.69 Å². The van der Waals surface area contributed by atoms with Crippen LogP contribution in [0.1, 0.15) is 57.4 Å². The van der Waals surface area contributed by atoms with E-state index in [0.29, 0.717) is 5.92 Å². The normalized spacial score (nSPS) is 16.3. The maximum absolute atomic E-state index is 11.8. The van der Waals surface area contributed by atoms with Gasteiger partial charge in [-0.3, -0.25) is 9.59 Å². The highest BCUT2D eigenvalue weighted by atomic mass is 16.5. The van der Waals surface area contributed by atoms with Crippen LogP contribution in [0, 0.1) is 5.92 Å². The highest BCUT2D eigenvalue weighted by Gasteiger charge is 2.24. The van der Waals surface area contributed by atoms with Crippen molar-refractivity contribution in [3.63, 3.8) is 0 Å². The highest BCUT2D eigenvalue weighted by molar-refractivity contribution is 5.92. The predicted octanol–water partition coefficient (Wildman–Crippen LogP) is 3.87. The molecule has 1 aliphatic carbocycles. The lowest BCUT2D eigenvalue weighted by atomic mass is 9.99. The van der Waals surface area contributed by atoms with E-state index in [4.69, 9.17) is 4.74 Å². The first kappa shape index (κ1) is 16.5. The topological polar surface area (TPSA) is 55.4 Å². The summed E-state index contributed by atoms with van der Waals surface area (Å²) < 4.78 is 5.09. The number of nitrogens with one attached hydrogen (secondary N) is 1. The number of hydrogen-bond donors (Lipinski definition) is 1. The van der Waals surface area contributed by atoms with E-state index >= 15 is 0 Å². The minimum absolute atomic E-state index is 0.0115. The lowest BCUT2D eigenvalue weighted by molar-refractivity contribution is -0.151. The van der Waals surface area contributed by atoms with Crippen molar-refractivity contribution >= 4 is 17.6 Å². The monoisotopic (exact) mass is 303 g/mol. The molecule has 2 rings (SSSR count). The van der Waals surface area contributed by atoms with Crippen molar-refractivity contribution in [1.29, 1.82) is 0 Å². The lowest BCUT2D eigenvalue weighted by Gasteiger charge is -2.11. The van der Waals surface area contributed by atoms with Crippen LogP contribution in [0.4, 0.5) is 5.69 Å². The molecule has 1 aromatic carbocycles. The number of benzene rings is 1. The van der Waals surface area contributed by atoms with Crippen LogP contribution in [-0.4, -0.2) is 18.5 Å². The second-order valence-electron chi connectivity index (χ2n) is 6.07. The average molecular weight is 303 g/mol. The van der Waals surface area contributed by atoms with Crippen LogP contribution in [0.2, 0.25) is 0 Å². The van der Waals surface area contributed by atoms with Gasteiger partial charge in [0.05, 0.1) is 5.92 Å². The average Bonchev–Trinajstić information content (AvgIpc) is 3.07. The third-order valence-electron chi connectivity index (χ3n) is 4.41. The van der Waals surface area contributed by atoms with Crippen molar-refractivity contribution in [3.05, 3.63) is 29.8 Å². The molecule has 0 radical (unpaired) electrons. The maximum atomic E-state index is 11.8. The number of carbonyl (C=O) groups excluding carboxylic acids is 2. The first-order valence-corrected chi connectivity index (χ1v) is 8.16. The second-order valence-corrected chi connectivity index (χ2v) is 6.07. The Balaban J connectivity index is 1.77. The van der Waals surface area contributed by atoms with E-state index in [-0.39, 0.29) is 24.4 Å². The van der Waals surface area contributed by atoms with Crippen molar-refractivity contribution < 1.29 is 14.3 Å². The van der Waals surface area contributed by atoms with E-state index in [1.807, 2.05) is 24.3 Å². The number of esters is 1. The molecule has 0 unspecified atom stereocenters. The summed E-state index contributed by atoms with van der Waals surface area (Å²) in [6.45, 7) is 4.12. The Hall–Kier alpha value is -1.84. The number of hydrogen-bond acceptors (Lipinski definition) is 3. The third kappa shape index (κ3) is 4.58. The molecule has 0 spiro atoms. The van der Waals surface area contributed by atoms with Crippen LogP contribution in [0.15, 0.2) is 24.3 Å². The van der Waals surface area contributed by atoms with Gasteiger partial charge in [0.1, 0.15) is 0 Å². The molecule has 120 valence electrons. The van der Waals surface area contributed by atoms with E-state index in [1.54, 1.807) is 0 Å². The van der Waals surface area contributed by atoms with Gasteiger partial charge in [0.2, 0.25) is 0 Å². The Kier molecular flexibility index (Phi) is 5.99. The summed E-state index contributed by atoms with van der Waals surface area (Å²) in [4.78, 5) is 23.6.